The van der Waals surface area contributed by atoms with Crippen LogP contribution in [-0.2, 0) is 21.4 Å². The molecule has 0 aliphatic carbocycles. The predicted octanol–water partition coefficient (Wildman–Crippen LogP) is 3.42. The number of hydrogen-bond acceptors (Lipinski definition) is 4. The van der Waals surface area contributed by atoms with Crippen LogP contribution in [0.1, 0.15) is 19.4 Å². The Kier molecular flexibility index (Phi) is 5.63. The summed E-state index contributed by atoms with van der Waals surface area (Å²) < 4.78 is 38.3. The first kappa shape index (κ1) is 17.3. The molecule has 0 saturated carbocycles. The van der Waals surface area contributed by atoms with E-state index < -0.39 is 10.0 Å². The average Bonchev–Trinajstić information content (AvgIpc) is 2.53. The van der Waals surface area contributed by atoms with Crippen LogP contribution in [0.3, 0.4) is 0 Å². The second-order valence-electron chi connectivity index (χ2n) is 5.31. The number of methoxy groups -OCH3 is 1. The number of rotatable bonds is 7. The molecule has 2 aromatic rings. The molecule has 23 heavy (non-hydrogen) atoms. The van der Waals surface area contributed by atoms with Gasteiger partial charge in [-0.25, -0.2) is 8.42 Å². The van der Waals surface area contributed by atoms with Crippen molar-refractivity contribution in [2.45, 2.75) is 31.5 Å². The normalized spacial score (nSPS) is 11.5. The minimum Gasteiger partial charge on any atom is -0.495 e. The Morgan fingerprint density at radius 3 is 2.52 bits per heavy atom. The Bertz CT molecular complexity index is 757. The molecule has 5 nitrogen and oxygen atoms in total. The molecular weight excluding hydrogens is 314 g/mol. The molecule has 2 rings (SSSR count). The lowest BCUT2D eigenvalue weighted by molar-refractivity contribution is 0.0656. The van der Waals surface area contributed by atoms with Crippen LogP contribution in [0, 0.1) is 0 Å². The quantitative estimate of drug-likeness (QED) is 0.842. The van der Waals surface area contributed by atoms with E-state index in [-0.39, 0.29) is 11.0 Å². The van der Waals surface area contributed by atoms with E-state index in [2.05, 4.69) is 4.72 Å². The number of hydrogen-bond donors (Lipinski definition) is 1. The van der Waals surface area contributed by atoms with E-state index >= 15 is 0 Å². The highest BCUT2D eigenvalue weighted by Crippen LogP contribution is 2.26. The van der Waals surface area contributed by atoms with E-state index in [0.717, 1.165) is 5.56 Å². The number of nitrogens with one attached hydrogen (secondary N) is 1. The van der Waals surface area contributed by atoms with Gasteiger partial charge < -0.3 is 9.47 Å². The van der Waals surface area contributed by atoms with Gasteiger partial charge in [-0.3, -0.25) is 4.72 Å². The zero-order chi connectivity index (χ0) is 16.9. The lowest BCUT2D eigenvalue weighted by atomic mass is 10.2. The van der Waals surface area contributed by atoms with E-state index in [1.807, 2.05) is 19.9 Å². The highest BCUT2D eigenvalue weighted by Gasteiger charge is 2.16. The van der Waals surface area contributed by atoms with Gasteiger partial charge in [0, 0.05) is 0 Å². The van der Waals surface area contributed by atoms with Gasteiger partial charge in [0.25, 0.3) is 10.0 Å². The van der Waals surface area contributed by atoms with Gasteiger partial charge in [-0.05, 0) is 43.7 Å². The third kappa shape index (κ3) is 4.71. The number of benzene rings is 2. The topological polar surface area (TPSA) is 64.6 Å². The molecule has 0 bridgehead atoms. The second kappa shape index (κ2) is 7.48. The van der Waals surface area contributed by atoms with Gasteiger partial charge in [0.15, 0.2) is 0 Å². The summed E-state index contributed by atoms with van der Waals surface area (Å²) in [4.78, 5) is 0.188. The van der Waals surface area contributed by atoms with Crippen molar-refractivity contribution >= 4 is 15.7 Å². The summed E-state index contributed by atoms with van der Waals surface area (Å²) in [7, 11) is -2.20. The van der Waals surface area contributed by atoms with Crippen molar-refractivity contribution in [3.05, 3.63) is 54.1 Å². The predicted molar refractivity (Wildman–Crippen MR) is 90.2 cm³/mol. The fourth-order valence-electron chi connectivity index (χ4n) is 2.00. The average molecular weight is 335 g/mol. The van der Waals surface area contributed by atoms with Gasteiger partial charge >= 0.3 is 0 Å². The van der Waals surface area contributed by atoms with Gasteiger partial charge in [-0.15, -0.1) is 0 Å². The fraction of sp³-hybridized carbons (Fsp3) is 0.294. The van der Waals surface area contributed by atoms with E-state index in [1.165, 1.54) is 7.11 Å². The SMILES string of the molecule is COc1ccccc1NS(=O)(=O)c1cccc(COC(C)C)c1. The molecule has 0 spiro atoms. The zero-order valence-corrected chi connectivity index (χ0v) is 14.3. The van der Waals surface area contributed by atoms with Crippen molar-refractivity contribution in [1.29, 1.82) is 0 Å². The molecule has 0 fully saturated rings. The number of anilines is 1. The third-order valence-corrected chi connectivity index (χ3v) is 4.51. The monoisotopic (exact) mass is 335 g/mol. The molecule has 2 aromatic carbocycles. The largest absolute Gasteiger partial charge is 0.495 e. The minimum atomic E-state index is -3.69. The summed E-state index contributed by atoms with van der Waals surface area (Å²) >= 11 is 0. The molecule has 0 aliphatic rings. The molecule has 0 heterocycles. The third-order valence-electron chi connectivity index (χ3n) is 3.14. The fourth-order valence-corrected chi connectivity index (χ4v) is 3.14. The lowest BCUT2D eigenvalue weighted by Crippen LogP contribution is -2.14. The van der Waals surface area contributed by atoms with E-state index in [1.54, 1.807) is 42.5 Å². The second-order valence-corrected chi connectivity index (χ2v) is 7.00. The highest BCUT2D eigenvalue weighted by atomic mass is 32.2. The smallest absolute Gasteiger partial charge is 0.262 e. The molecular formula is C17H21NO4S. The van der Waals surface area contributed by atoms with Crippen LogP contribution in [-0.4, -0.2) is 21.6 Å². The van der Waals surface area contributed by atoms with Crippen LogP contribution >= 0.6 is 0 Å². The molecule has 0 radical (unpaired) electrons. The summed E-state index contributed by atoms with van der Waals surface area (Å²) in [5.41, 5.74) is 1.21. The molecule has 6 heteroatoms. The summed E-state index contributed by atoms with van der Waals surface area (Å²) in [6, 6.07) is 13.6. The van der Waals surface area contributed by atoms with Gasteiger partial charge in [0.05, 0.1) is 30.4 Å². The number of ether oxygens (including phenoxy) is 2. The summed E-state index contributed by atoms with van der Waals surface area (Å²) in [5.74, 6) is 0.468. The molecule has 124 valence electrons. The van der Waals surface area contributed by atoms with Gasteiger partial charge in [0.2, 0.25) is 0 Å². The van der Waals surface area contributed by atoms with Crippen LogP contribution < -0.4 is 9.46 Å². The molecule has 0 atom stereocenters. The van der Waals surface area contributed by atoms with Gasteiger partial charge in [-0.2, -0.15) is 0 Å². The van der Waals surface area contributed by atoms with E-state index in [4.69, 9.17) is 9.47 Å². The maximum Gasteiger partial charge on any atom is 0.262 e. The lowest BCUT2D eigenvalue weighted by Gasteiger charge is -2.13. The highest BCUT2D eigenvalue weighted by molar-refractivity contribution is 7.92. The van der Waals surface area contributed by atoms with Crippen LogP contribution in [0.2, 0.25) is 0 Å². The Balaban J connectivity index is 2.24. The first-order valence-corrected chi connectivity index (χ1v) is 8.77. The molecule has 0 aromatic heterocycles. The molecule has 0 unspecified atom stereocenters. The van der Waals surface area contributed by atoms with Crippen molar-refractivity contribution < 1.29 is 17.9 Å². The van der Waals surface area contributed by atoms with Crippen LogP contribution in [0.4, 0.5) is 5.69 Å². The number of para-hydroxylation sites is 2. The van der Waals surface area contributed by atoms with Crippen molar-refractivity contribution in [3.8, 4) is 5.75 Å². The summed E-state index contributed by atoms with van der Waals surface area (Å²) in [5, 5.41) is 0. The van der Waals surface area contributed by atoms with Crippen LogP contribution in [0.25, 0.3) is 0 Å². The Morgan fingerprint density at radius 2 is 1.83 bits per heavy atom. The van der Waals surface area contributed by atoms with Crippen molar-refractivity contribution in [3.63, 3.8) is 0 Å². The van der Waals surface area contributed by atoms with Crippen molar-refractivity contribution in [2.24, 2.45) is 0 Å². The zero-order valence-electron chi connectivity index (χ0n) is 13.4. The molecule has 0 saturated heterocycles. The Hall–Kier alpha value is -2.05. The van der Waals surface area contributed by atoms with Crippen LogP contribution in [0.15, 0.2) is 53.4 Å². The first-order chi connectivity index (χ1) is 10.9. The summed E-state index contributed by atoms with van der Waals surface area (Å²) in [6.07, 6.45) is 0.0852. The standard InChI is InChI=1S/C17H21NO4S/c1-13(2)22-12-14-7-6-8-15(11-14)23(19,20)18-16-9-4-5-10-17(16)21-3/h4-11,13,18H,12H2,1-3H3. The first-order valence-electron chi connectivity index (χ1n) is 7.29. The maximum absolute atomic E-state index is 12.6. The Labute approximate surface area is 137 Å². The molecule has 0 aliphatic heterocycles. The van der Waals surface area contributed by atoms with Crippen molar-refractivity contribution in [2.75, 3.05) is 11.8 Å². The minimum absolute atomic E-state index is 0.0852. The van der Waals surface area contributed by atoms with Crippen LogP contribution in [0.5, 0.6) is 5.75 Å². The van der Waals surface area contributed by atoms with E-state index in [9.17, 15) is 8.42 Å². The molecule has 1 N–H and O–H groups in total. The van der Waals surface area contributed by atoms with E-state index in [0.29, 0.717) is 18.0 Å². The van der Waals surface area contributed by atoms with Crippen molar-refractivity contribution in [1.82, 2.24) is 0 Å². The van der Waals surface area contributed by atoms with Gasteiger partial charge in [-0.1, -0.05) is 24.3 Å². The maximum atomic E-state index is 12.6. The molecule has 0 amide bonds. The summed E-state index contributed by atoms with van der Waals surface area (Å²) in [6.45, 7) is 4.24. The number of sulfonamides is 1. The Morgan fingerprint density at radius 1 is 1.09 bits per heavy atom. The van der Waals surface area contributed by atoms with Gasteiger partial charge in [0.1, 0.15) is 5.75 Å².